The van der Waals surface area contributed by atoms with Gasteiger partial charge in [-0.1, -0.05) is 30.3 Å². The molecule has 1 aromatic rings. The summed E-state index contributed by atoms with van der Waals surface area (Å²) in [5.74, 6) is 0. The van der Waals surface area contributed by atoms with Crippen molar-refractivity contribution in [1.29, 1.82) is 0 Å². The van der Waals surface area contributed by atoms with E-state index in [2.05, 4.69) is 0 Å². The Balaban J connectivity index is 3.04. The van der Waals surface area contributed by atoms with Crippen LogP contribution in [-0.4, -0.2) is 34.0 Å². The Morgan fingerprint density at radius 1 is 0.944 bits per heavy atom. The Morgan fingerprint density at radius 2 is 1.39 bits per heavy atom. The zero-order valence-electron chi connectivity index (χ0n) is 11.1. The van der Waals surface area contributed by atoms with E-state index in [4.69, 9.17) is 13.3 Å². The molecule has 4 nitrogen and oxygen atoms in total. The second-order valence-corrected chi connectivity index (χ2v) is 5.98. The second kappa shape index (κ2) is 7.43. The van der Waals surface area contributed by atoms with E-state index in [1.165, 1.54) is 0 Å². The van der Waals surface area contributed by atoms with Gasteiger partial charge in [-0.3, -0.25) is 4.79 Å². The van der Waals surface area contributed by atoms with Crippen molar-refractivity contribution in [2.45, 2.75) is 20.8 Å². The monoisotopic (exact) mass is 268 g/mol. The Labute approximate surface area is 109 Å². The second-order valence-electron chi connectivity index (χ2n) is 3.55. The molecule has 0 aliphatic rings. The summed E-state index contributed by atoms with van der Waals surface area (Å²) >= 11 is 0. The van der Waals surface area contributed by atoms with Gasteiger partial charge in [-0.25, -0.2) is 0 Å². The van der Waals surface area contributed by atoms with Gasteiger partial charge in [0.2, 0.25) is 5.41 Å². The smallest absolute Gasteiger partial charge is 0.368 e. The molecule has 0 aliphatic carbocycles. The highest BCUT2D eigenvalue weighted by molar-refractivity contribution is 6.94. The highest BCUT2D eigenvalue weighted by Gasteiger charge is 2.50. The minimum absolute atomic E-state index is 0.173. The number of rotatable bonds is 8. The van der Waals surface area contributed by atoms with Crippen molar-refractivity contribution < 1.29 is 18.1 Å². The largest absolute Gasteiger partial charge is 0.579 e. The van der Waals surface area contributed by atoms with Crippen LogP contribution in [0.15, 0.2) is 30.3 Å². The van der Waals surface area contributed by atoms with E-state index in [9.17, 15) is 4.79 Å². The lowest BCUT2D eigenvalue weighted by molar-refractivity contribution is 0.0565. The van der Waals surface area contributed by atoms with Crippen molar-refractivity contribution in [3.63, 3.8) is 0 Å². The molecule has 0 bridgehead atoms. The molecular weight excluding hydrogens is 248 g/mol. The highest BCUT2D eigenvalue weighted by atomic mass is 28.4. The molecule has 1 aromatic carbocycles. The topological polar surface area (TPSA) is 44.8 Å². The van der Waals surface area contributed by atoms with Crippen LogP contribution in [0, 0.1) is 0 Å². The van der Waals surface area contributed by atoms with Gasteiger partial charge in [0.25, 0.3) is 0 Å². The van der Waals surface area contributed by atoms with Crippen LogP contribution in [0.2, 0.25) is 0 Å². The van der Waals surface area contributed by atoms with Crippen molar-refractivity contribution in [3.05, 3.63) is 35.9 Å². The maximum Gasteiger partial charge on any atom is 0.579 e. The van der Waals surface area contributed by atoms with E-state index in [0.717, 1.165) is 0 Å². The van der Waals surface area contributed by atoms with Crippen LogP contribution < -0.4 is 0 Å². The van der Waals surface area contributed by atoms with Crippen LogP contribution in [0.4, 0.5) is 0 Å². The molecule has 0 spiro atoms. The quantitative estimate of drug-likeness (QED) is 0.679. The maximum atomic E-state index is 12.5. The molecular formula is C13H20O4Si. The summed E-state index contributed by atoms with van der Waals surface area (Å²) < 4.78 is 16.7. The van der Waals surface area contributed by atoms with Gasteiger partial charge in [0.1, 0.15) is 0 Å². The fourth-order valence-electron chi connectivity index (χ4n) is 1.66. The van der Waals surface area contributed by atoms with Crippen molar-refractivity contribution in [3.8, 4) is 0 Å². The van der Waals surface area contributed by atoms with Crippen molar-refractivity contribution >= 4 is 14.2 Å². The van der Waals surface area contributed by atoms with Crippen LogP contribution in [0.3, 0.4) is 0 Å². The van der Waals surface area contributed by atoms with Crippen LogP contribution in [0.1, 0.15) is 31.1 Å². The molecule has 0 radical (unpaired) electrons. The van der Waals surface area contributed by atoms with E-state index in [-0.39, 0.29) is 5.41 Å². The van der Waals surface area contributed by atoms with Gasteiger partial charge < -0.3 is 13.3 Å². The van der Waals surface area contributed by atoms with Gasteiger partial charge in [0, 0.05) is 25.4 Å². The third kappa shape index (κ3) is 3.49. The third-order valence-electron chi connectivity index (χ3n) is 2.32. The SMILES string of the molecule is CCO[Si](OCC)(OCC)C(=O)c1ccccc1. The van der Waals surface area contributed by atoms with Crippen LogP contribution in [0.25, 0.3) is 0 Å². The summed E-state index contributed by atoms with van der Waals surface area (Å²) in [5, 5.41) is -0.173. The van der Waals surface area contributed by atoms with E-state index >= 15 is 0 Å². The maximum absolute atomic E-state index is 12.5. The average molecular weight is 268 g/mol. The number of hydrogen-bond acceptors (Lipinski definition) is 4. The average Bonchev–Trinajstić information content (AvgIpc) is 2.39. The standard InChI is InChI=1S/C13H20O4Si/c1-4-15-18(16-5-2,17-6-3)13(14)12-10-8-7-9-11-12/h7-11H,4-6H2,1-3H3. The molecule has 0 unspecified atom stereocenters. The molecule has 5 heteroatoms. The summed E-state index contributed by atoms with van der Waals surface area (Å²) in [5.41, 5.74) is 0.569. The Bertz CT molecular complexity index is 349. The zero-order chi connectivity index (χ0) is 13.4. The first-order valence-corrected chi connectivity index (χ1v) is 7.94. The predicted octanol–water partition coefficient (Wildman–Crippen LogP) is 2.46. The van der Waals surface area contributed by atoms with E-state index in [1.807, 2.05) is 39.0 Å². The molecule has 0 saturated heterocycles. The molecule has 0 atom stereocenters. The first-order chi connectivity index (χ1) is 8.70. The lowest BCUT2D eigenvalue weighted by Gasteiger charge is -2.26. The molecule has 0 aliphatic heterocycles. The van der Waals surface area contributed by atoms with Gasteiger partial charge in [-0.15, -0.1) is 0 Å². The fraction of sp³-hybridized carbons (Fsp3) is 0.462. The van der Waals surface area contributed by atoms with Gasteiger partial charge in [0.05, 0.1) is 0 Å². The van der Waals surface area contributed by atoms with Crippen molar-refractivity contribution in [2.24, 2.45) is 0 Å². The lowest BCUT2D eigenvalue weighted by Crippen LogP contribution is -2.54. The van der Waals surface area contributed by atoms with Crippen LogP contribution >= 0.6 is 0 Å². The summed E-state index contributed by atoms with van der Waals surface area (Å²) in [6.07, 6.45) is 0. The minimum atomic E-state index is -3.28. The third-order valence-corrected chi connectivity index (χ3v) is 5.17. The number of carbonyl (C=O) groups is 1. The number of carbonyl (C=O) groups excluding carboxylic acids is 1. The first kappa shape index (κ1) is 15.0. The fourth-order valence-corrected chi connectivity index (χ4v) is 3.96. The lowest BCUT2D eigenvalue weighted by atomic mass is 10.2. The molecule has 18 heavy (non-hydrogen) atoms. The van der Waals surface area contributed by atoms with Crippen LogP contribution in [-0.2, 0) is 13.3 Å². The molecule has 0 N–H and O–H groups in total. The molecule has 1 rings (SSSR count). The zero-order valence-corrected chi connectivity index (χ0v) is 12.1. The Morgan fingerprint density at radius 3 is 1.78 bits per heavy atom. The van der Waals surface area contributed by atoms with E-state index in [0.29, 0.717) is 25.4 Å². The normalized spacial score (nSPS) is 11.5. The first-order valence-electron chi connectivity index (χ1n) is 6.21. The molecule has 100 valence electrons. The van der Waals surface area contributed by atoms with Gasteiger partial charge in [-0.2, -0.15) is 0 Å². The summed E-state index contributed by atoms with van der Waals surface area (Å²) in [4.78, 5) is 12.5. The Kier molecular flexibility index (Phi) is 6.21. The van der Waals surface area contributed by atoms with Gasteiger partial charge in [-0.05, 0) is 20.8 Å². The predicted molar refractivity (Wildman–Crippen MR) is 71.4 cm³/mol. The Hall–Kier alpha value is -1.01. The molecule has 0 heterocycles. The van der Waals surface area contributed by atoms with Crippen LogP contribution in [0.5, 0.6) is 0 Å². The van der Waals surface area contributed by atoms with Crippen molar-refractivity contribution in [2.75, 3.05) is 19.8 Å². The molecule has 0 amide bonds. The molecule has 0 fully saturated rings. The van der Waals surface area contributed by atoms with Gasteiger partial charge >= 0.3 is 8.80 Å². The highest BCUT2D eigenvalue weighted by Crippen LogP contribution is 2.17. The summed E-state index contributed by atoms with van der Waals surface area (Å²) in [7, 11) is -3.28. The molecule has 0 aromatic heterocycles. The number of hydrogen-bond donors (Lipinski definition) is 0. The summed E-state index contributed by atoms with van der Waals surface area (Å²) in [6, 6.07) is 9.00. The van der Waals surface area contributed by atoms with E-state index < -0.39 is 8.80 Å². The molecule has 0 saturated carbocycles. The van der Waals surface area contributed by atoms with E-state index in [1.54, 1.807) is 12.1 Å². The van der Waals surface area contributed by atoms with Gasteiger partial charge in [0.15, 0.2) is 0 Å². The minimum Gasteiger partial charge on any atom is -0.368 e. The van der Waals surface area contributed by atoms with Crippen molar-refractivity contribution in [1.82, 2.24) is 0 Å². The number of benzene rings is 1. The summed E-state index contributed by atoms with van der Waals surface area (Å²) in [6.45, 7) is 6.68.